The Hall–Kier alpha value is 0.130. The highest BCUT2D eigenvalue weighted by Gasteiger charge is 2.12. The van der Waals surface area contributed by atoms with Crippen molar-refractivity contribution < 1.29 is 4.79 Å². The summed E-state index contributed by atoms with van der Waals surface area (Å²) < 4.78 is 0. The van der Waals surface area contributed by atoms with Gasteiger partial charge < -0.3 is 11.1 Å². The molecule has 0 aliphatic heterocycles. The number of amides is 1. The van der Waals surface area contributed by atoms with Crippen LogP contribution >= 0.6 is 21.6 Å². The van der Waals surface area contributed by atoms with Crippen molar-refractivity contribution >= 4 is 27.5 Å². The fraction of sp³-hybridized carbons (Fsp3) is 0.900. The standard InChI is InChI=1S/C10H22N2OS2/c1-3-5-6-7-12-10(13)9(11)8-15-14-4-2/h9H,3-8,11H2,1-2H3,(H,12,13). The number of hydrogen-bond acceptors (Lipinski definition) is 4. The van der Waals surface area contributed by atoms with Crippen LogP contribution in [-0.4, -0.2) is 30.0 Å². The molecular formula is C10H22N2OS2. The van der Waals surface area contributed by atoms with Crippen LogP contribution in [0.4, 0.5) is 0 Å². The Morgan fingerprint density at radius 2 is 2.07 bits per heavy atom. The largest absolute Gasteiger partial charge is 0.355 e. The number of carbonyl (C=O) groups is 1. The number of hydrogen-bond donors (Lipinski definition) is 2. The molecule has 1 amide bonds. The molecule has 0 saturated heterocycles. The summed E-state index contributed by atoms with van der Waals surface area (Å²) in [5.74, 6) is 1.73. The number of nitrogens with one attached hydrogen (secondary N) is 1. The Kier molecular flexibility index (Phi) is 10.7. The van der Waals surface area contributed by atoms with Gasteiger partial charge in [-0.1, -0.05) is 48.3 Å². The number of unbranched alkanes of at least 4 members (excludes halogenated alkanes) is 2. The molecule has 0 aromatic rings. The molecule has 0 saturated carbocycles. The third-order valence-corrected chi connectivity index (χ3v) is 4.38. The first kappa shape index (κ1) is 15.1. The van der Waals surface area contributed by atoms with Crippen molar-refractivity contribution in [2.45, 2.75) is 39.2 Å². The van der Waals surface area contributed by atoms with Crippen LogP contribution in [0, 0.1) is 0 Å². The molecule has 0 heterocycles. The molecule has 15 heavy (non-hydrogen) atoms. The van der Waals surface area contributed by atoms with E-state index in [0.717, 1.165) is 25.1 Å². The summed E-state index contributed by atoms with van der Waals surface area (Å²) in [6.07, 6.45) is 3.38. The average Bonchev–Trinajstić information content (AvgIpc) is 2.24. The maximum atomic E-state index is 11.4. The Morgan fingerprint density at radius 1 is 1.33 bits per heavy atom. The van der Waals surface area contributed by atoms with E-state index in [1.165, 1.54) is 6.42 Å². The molecule has 3 nitrogen and oxygen atoms in total. The van der Waals surface area contributed by atoms with Crippen LogP contribution in [0.5, 0.6) is 0 Å². The van der Waals surface area contributed by atoms with Crippen LogP contribution in [0.3, 0.4) is 0 Å². The van der Waals surface area contributed by atoms with Gasteiger partial charge in [-0.3, -0.25) is 4.79 Å². The summed E-state index contributed by atoms with van der Waals surface area (Å²) in [6.45, 7) is 4.99. The van der Waals surface area contributed by atoms with Gasteiger partial charge in [0.15, 0.2) is 0 Å². The lowest BCUT2D eigenvalue weighted by Gasteiger charge is -2.11. The third-order valence-electron chi connectivity index (χ3n) is 1.87. The third kappa shape index (κ3) is 9.08. The molecule has 0 bridgehead atoms. The Balaban J connectivity index is 3.42. The molecule has 0 aromatic carbocycles. The lowest BCUT2D eigenvalue weighted by Crippen LogP contribution is -2.42. The predicted molar refractivity (Wildman–Crippen MR) is 71.1 cm³/mol. The quantitative estimate of drug-likeness (QED) is 0.485. The molecule has 1 unspecified atom stereocenters. The van der Waals surface area contributed by atoms with Gasteiger partial charge in [0.25, 0.3) is 0 Å². The summed E-state index contributed by atoms with van der Waals surface area (Å²) in [4.78, 5) is 11.4. The van der Waals surface area contributed by atoms with Gasteiger partial charge in [0.2, 0.25) is 5.91 Å². The second-order valence-electron chi connectivity index (χ2n) is 3.30. The fourth-order valence-corrected chi connectivity index (χ4v) is 2.79. The first-order valence-electron chi connectivity index (χ1n) is 5.50. The highest BCUT2D eigenvalue weighted by Crippen LogP contribution is 2.20. The van der Waals surface area contributed by atoms with Gasteiger partial charge in [0.05, 0.1) is 6.04 Å². The van der Waals surface area contributed by atoms with E-state index in [1.54, 1.807) is 21.6 Å². The van der Waals surface area contributed by atoms with Crippen molar-refractivity contribution in [3.05, 3.63) is 0 Å². The van der Waals surface area contributed by atoms with E-state index in [2.05, 4.69) is 19.2 Å². The average molecular weight is 250 g/mol. The van der Waals surface area contributed by atoms with Gasteiger partial charge in [0.1, 0.15) is 0 Å². The molecular weight excluding hydrogens is 228 g/mol. The smallest absolute Gasteiger partial charge is 0.237 e. The zero-order chi connectivity index (χ0) is 11.5. The van der Waals surface area contributed by atoms with Gasteiger partial charge in [-0.05, 0) is 6.42 Å². The summed E-state index contributed by atoms with van der Waals surface area (Å²) in [5.41, 5.74) is 5.73. The van der Waals surface area contributed by atoms with E-state index in [-0.39, 0.29) is 11.9 Å². The SMILES string of the molecule is CCCCCNC(=O)C(N)CSSCC. The minimum Gasteiger partial charge on any atom is -0.355 e. The molecule has 0 aliphatic rings. The van der Waals surface area contributed by atoms with Crippen molar-refractivity contribution in [2.24, 2.45) is 5.73 Å². The van der Waals surface area contributed by atoms with E-state index >= 15 is 0 Å². The number of rotatable bonds is 9. The fourth-order valence-electron chi connectivity index (χ4n) is 0.998. The van der Waals surface area contributed by atoms with Gasteiger partial charge in [0, 0.05) is 18.1 Å². The maximum Gasteiger partial charge on any atom is 0.237 e. The molecule has 0 aliphatic carbocycles. The molecule has 0 rings (SSSR count). The minimum atomic E-state index is -0.365. The first-order chi connectivity index (χ1) is 7.22. The maximum absolute atomic E-state index is 11.4. The van der Waals surface area contributed by atoms with Crippen LogP contribution in [0.1, 0.15) is 33.1 Å². The van der Waals surface area contributed by atoms with Crippen LogP contribution in [0.2, 0.25) is 0 Å². The van der Waals surface area contributed by atoms with E-state index in [0.29, 0.717) is 5.75 Å². The van der Waals surface area contributed by atoms with Crippen molar-refractivity contribution in [1.29, 1.82) is 0 Å². The second kappa shape index (κ2) is 10.6. The minimum absolute atomic E-state index is 0.0182. The summed E-state index contributed by atoms with van der Waals surface area (Å²) in [7, 11) is 3.41. The van der Waals surface area contributed by atoms with Gasteiger partial charge >= 0.3 is 0 Å². The van der Waals surface area contributed by atoms with Crippen LogP contribution in [-0.2, 0) is 4.79 Å². The van der Waals surface area contributed by atoms with Crippen molar-refractivity contribution in [3.8, 4) is 0 Å². The number of nitrogens with two attached hydrogens (primary N) is 1. The molecule has 3 N–H and O–H groups in total. The lowest BCUT2D eigenvalue weighted by atomic mass is 10.2. The van der Waals surface area contributed by atoms with E-state index < -0.39 is 0 Å². The molecule has 1 atom stereocenters. The van der Waals surface area contributed by atoms with E-state index in [9.17, 15) is 4.79 Å². The van der Waals surface area contributed by atoms with E-state index in [4.69, 9.17) is 5.73 Å². The van der Waals surface area contributed by atoms with E-state index in [1.807, 2.05) is 0 Å². The van der Waals surface area contributed by atoms with Crippen molar-refractivity contribution in [1.82, 2.24) is 5.32 Å². The Labute approximate surface area is 101 Å². The molecule has 0 radical (unpaired) electrons. The molecule has 0 aromatic heterocycles. The highest BCUT2D eigenvalue weighted by molar-refractivity contribution is 8.76. The molecule has 5 heteroatoms. The molecule has 0 fully saturated rings. The van der Waals surface area contributed by atoms with Crippen molar-refractivity contribution in [3.63, 3.8) is 0 Å². The van der Waals surface area contributed by atoms with Gasteiger partial charge in [-0.25, -0.2) is 0 Å². The van der Waals surface area contributed by atoms with Crippen LogP contribution < -0.4 is 11.1 Å². The lowest BCUT2D eigenvalue weighted by molar-refractivity contribution is -0.121. The topological polar surface area (TPSA) is 55.1 Å². The first-order valence-corrected chi connectivity index (χ1v) is 7.98. The van der Waals surface area contributed by atoms with Crippen LogP contribution in [0.25, 0.3) is 0 Å². The molecule has 0 spiro atoms. The van der Waals surface area contributed by atoms with Gasteiger partial charge in [-0.15, -0.1) is 0 Å². The zero-order valence-corrected chi connectivity index (χ0v) is 11.3. The Bertz CT molecular complexity index is 168. The monoisotopic (exact) mass is 250 g/mol. The van der Waals surface area contributed by atoms with Crippen molar-refractivity contribution in [2.75, 3.05) is 18.1 Å². The highest BCUT2D eigenvalue weighted by atomic mass is 33.1. The Morgan fingerprint density at radius 3 is 2.67 bits per heavy atom. The zero-order valence-electron chi connectivity index (χ0n) is 9.62. The summed E-state index contributed by atoms with van der Waals surface area (Å²) in [5, 5.41) is 2.86. The summed E-state index contributed by atoms with van der Waals surface area (Å²) >= 11 is 0. The number of carbonyl (C=O) groups excluding carboxylic acids is 1. The predicted octanol–water partition coefficient (Wildman–Crippen LogP) is 2.02. The second-order valence-corrected chi connectivity index (χ2v) is 6.09. The van der Waals surface area contributed by atoms with Crippen LogP contribution in [0.15, 0.2) is 0 Å². The van der Waals surface area contributed by atoms with Gasteiger partial charge in [-0.2, -0.15) is 0 Å². The molecule has 90 valence electrons. The summed E-state index contributed by atoms with van der Waals surface area (Å²) in [6, 6.07) is -0.365. The normalized spacial score (nSPS) is 12.5.